The molecule has 16 heavy (non-hydrogen) atoms. The van der Waals surface area contributed by atoms with Gasteiger partial charge in [-0.1, -0.05) is 11.6 Å². The molecule has 2 rings (SSSR count). The molecule has 4 nitrogen and oxygen atoms in total. The van der Waals surface area contributed by atoms with Crippen LogP contribution < -0.4 is 15.4 Å². The smallest absolute Gasteiger partial charge is 0.169 e. The van der Waals surface area contributed by atoms with Gasteiger partial charge in [0.1, 0.15) is 0 Å². The number of rotatable bonds is 2. The Hall–Kier alpha value is -1.04. The number of hydrogen-bond donors (Lipinski definition) is 1. The van der Waals surface area contributed by atoms with Gasteiger partial charge < -0.3 is 9.47 Å². The molecule has 2 N–H and O–H groups in total. The highest BCUT2D eigenvalue weighted by Crippen LogP contribution is 2.39. The van der Waals surface area contributed by atoms with Crippen LogP contribution >= 0.6 is 11.6 Å². The summed E-state index contributed by atoms with van der Waals surface area (Å²) < 4.78 is 24.5. The zero-order chi connectivity index (χ0) is 11.5. The summed E-state index contributed by atoms with van der Waals surface area (Å²) >= 11 is 5.73. The fourth-order valence-electron chi connectivity index (χ4n) is 1.53. The van der Waals surface area contributed by atoms with Gasteiger partial charge in [-0.25, -0.2) is 10.3 Å². The lowest BCUT2D eigenvalue weighted by Crippen LogP contribution is -2.06. The summed E-state index contributed by atoms with van der Waals surface area (Å²) in [6.45, 7) is 0.863. The van der Waals surface area contributed by atoms with E-state index in [1.165, 1.54) is 6.07 Å². The van der Waals surface area contributed by atoms with Crippen LogP contribution in [0.25, 0.3) is 0 Å². The molecule has 0 radical (unpaired) electrons. The molecule has 1 heterocycles. The lowest BCUT2D eigenvalue weighted by Gasteiger charge is -2.13. The second-order valence-corrected chi connectivity index (χ2v) is 3.75. The number of nitrogens with two attached hydrogens (primary N) is 1. The van der Waals surface area contributed by atoms with E-state index in [-0.39, 0.29) is 17.2 Å². The van der Waals surface area contributed by atoms with Crippen molar-refractivity contribution in [2.75, 3.05) is 13.2 Å². The maximum Gasteiger partial charge on any atom is 0.169 e. The van der Waals surface area contributed by atoms with Crippen molar-refractivity contribution in [1.29, 1.82) is 0 Å². The zero-order valence-corrected chi connectivity index (χ0v) is 9.22. The Kier molecular flexibility index (Phi) is 3.48. The van der Waals surface area contributed by atoms with E-state index >= 15 is 0 Å². The summed E-state index contributed by atoms with van der Waals surface area (Å²) in [5.41, 5.74) is 0.187. The van der Waals surface area contributed by atoms with Crippen LogP contribution in [-0.2, 0) is 11.4 Å². The van der Waals surface area contributed by atoms with Crippen LogP contribution in [0.15, 0.2) is 6.07 Å². The van der Waals surface area contributed by atoms with Crippen LogP contribution in [0.3, 0.4) is 0 Å². The van der Waals surface area contributed by atoms with Crippen molar-refractivity contribution in [2.45, 2.75) is 13.0 Å². The number of halogens is 2. The van der Waals surface area contributed by atoms with Crippen molar-refractivity contribution in [3.63, 3.8) is 0 Å². The van der Waals surface area contributed by atoms with Crippen LogP contribution in [-0.4, -0.2) is 13.2 Å². The van der Waals surface area contributed by atoms with Gasteiger partial charge in [-0.15, -0.1) is 0 Å². The molecule has 88 valence electrons. The number of ether oxygens (including phenoxy) is 2. The maximum absolute atomic E-state index is 13.7. The first kappa shape index (κ1) is 11.4. The minimum absolute atomic E-state index is 0.0312. The SMILES string of the molecule is NOCc1c(F)c(Cl)cc2c1OCCCO2. The van der Waals surface area contributed by atoms with Gasteiger partial charge >= 0.3 is 0 Å². The maximum atomic E-state index is 13.7. The van der Waals surface area contributed by atoms with Gasteiger partial charge in [0, 0.05) is 12.5 Å². The molecule has 0 fully saturated rings. The van der Waals surface area contributed by atoms with Gasteiger partial charge in [0.15, 0.2) is 17.3 Å². The Bertz CT molecular complexity index is 400. The minimum Gasteiger partial charge on any atom is -0.489 e. The first-order chi connectivity index (χ1) is 7.74. The van der Waals surface area contributed by atoms with E-state index in [9.17, 15) is 4.39 Å². The Balaban J connectivity index is 2.51. The summed E-state index contributed by atoms with van der Waals surface area (Å²) in [5.74, 6) is 5.11. The predicted octanol–water partition coefficient (Wildman–Crippen LogP) is 2.03. The fraction of sp³-hybridized carbons (Fsp3) is 0.400. The summed E-state index contributed by atoms with van der Waals surface area (Å²) in [6, 6.07) is 1.40. The summed E-state index contributed by atoms with van der Waals surface area (Å²) in [4.78, 5) is 4.44. The number of hydrogen-bond acceptors (Lipinski definition) is 4. The Labute approximate surface area is 97.0 Å². The van der Waals surface area contributed by atoms with Crippen molar-refractivity contribution in [2.24, 2.45) is 5.90 Å². The normalized spacial score (nSPS) is 14.7. The molecular weight excluding hydrogens is 237 g/mol. The predicted molar refractivity (Wildman–Crippen MR) is 56.0 cm³/mol. The molecule has 0 saturated carbocycles. The molecule has 0 bridgehead atoms. The largest absolute Gasteiger partial charge is 0.489 e. The van der Waals surface area contributed by atoms with Crippen molar-refractivity contribution in [3.8, 4) is 11.5 Å². The third-order valence-corrected chi connectivity index (χ3v) is 2.53. The Morgan fingerprint density at radius 3 is 2.94 bits per heavy atom. The van der Waals surface area contributed by atoms with Crippen LogP contribution in [0.4, 0.5) is 4.39 Å². The van der Waals surface area contributed by atoms with Crippen molar-refractivity contribution >= 4 is 11.6 Å². The van der Waals surface area contributed by atoms with Gasteiger partial charge in [-0.2, -0.15) is 0 Å². The second-order valence-electron chi connectivity index (χ2n) is 3.34. The molecule has 0 spiro atoms. The van der Waals surface area contributed by atoms with E-state index in [2.05, 4.69) is 4.84 Å². The lowest BCUT2D eigenvalue weighted by atomic mass is 10.2. The van der Waals surface area contributed by atoms with Crippen LogP contribution in [0.2, 0.25) is 5.02 Å². The highest BCUT2D eigenvalue weighted by molar-refractivity contribution is 6.31. The lowest BCUT2D eigenvalue weighted by molar-refractivity contribution is 0.118. The van der Waals surface area contributed by atoms with E-state index in [4.69, 9.17) is 27.0 Å². The first-order valence-electron chi connectivity index (χ1n) is 4.82. The number of benzene rings is 1. The van der Waals surface area contributed by atoms with Gasteiger partial charge in [0.2, 0.25) is 0 Å². The Morgan fingerprint density at radius 1 is 1.44 bits per heavy atom. The fourth-order valence-corrected chi connectivity index (χ4v) is 1.74. The molecule has 1 aliphatic rings. The third-order valence-electron chi connectivity index (χ3n) is 2.25. The monoisotopic (exact) mass is 247 g/mol. The van der Waals surface area contributed by atoms with Gasteiger partial charge in [-0.05, 0) is 0 Å². The first-order valence-corrected chi connectivity index (χ1v) is 5.20. The molecule has 0 atom stereocenters. The average Bonchev–Trinajstić information content (AvgIpc) is 2.50. The molecule has 0 saturated heterocycles. The van der Waals surface area contributed by atoms with Gasteiger partial charge in [0.05, 0.1) is 30.4 Å². The molecule has 1 aliphatic heterocycles. The van der Waals surface area contributed by atoms with E-state index in [1.54, 1.807) is 0 Å². The zero-order valence-electron chi connectivity index (χ0n) is 8.46. The second kappa shape index (κ2) is 4.86. The molecule has 0 aromatic heterocycles. The summed E-state index contributed by atoms with van der Waals surface area (Å²) in [5, 5.41) is -0.0312. The average molecular weight is 248 g/mol. The number of fused-ring (bicyclic) bond motifs is 1. The van der Waals surface area contributed by atoms with E-state index in [0.717, 1.165) is 6.42 Å². The summed E-state index contributed by atoms with van der Waals surface area (Å²) in [7, 11) is 0. The highest BCUT2D eigenvalue weighted by atomic mass is 35.5. The molecule has 6 heteroatoms. The van der Waals surface area contributed by atoms with Crippen molar-refractivity contribution in [1.82, 2.24) is 0 Å². The topological polar surface area (TPSA) is 53.7 Å². The van der Waals surface area contributed by atoms with E-state index < -0.39 is 5.82 Å². The Morgan fingerprint density at radius 2 is 2.19 bits per heavy atom. The van der Waals surface area contributed by atoms with Crippen molar-refractivity contribution in [3.05, 3.63) is 22.5 Å². The molecule has 1 aromatic rings. The molecule has 0 aliphatic carbocycles. The molecule has 1 aromatic carbocycles. The van der Waals surface area contributed by atoms with E-state index in [0.29, 0.717) is 24.7 Å². The van der Waals surface area contributed by atoms with Crippen molar-refractivity contribution < 1.29 is 18.7 Å². The standard InChI is InChI=1S/C10H11ClFNO3/c11-7-4-8-10(15-3-1-2-14-8)6(5-16-13)9(7)12/h4H,1-3,5,13H2. The van der Waals surface area contributed by atoms with Crippen LogP contribution in [0.5, 0.6) is 11.5 Å². The molecule has 0 amide bonds. The van der Waals surface area contributed by atoms with Gasteiger partial charge in [0.25, 0.3) is 0 Å². The summed E-state index contributed by atoms with van der Waals surface area (Å²) in [6.07, 6.45) is 0.733. The molecular formula is C10H11ClFNO3. The highest BCUT2D eigenvalue weighted by Gasteiger charge is 2.21. The third kappa shape index (κ3) is 2.07. The van der Waals surface area contributed by atoms with Crippen LogP contribution in [0, 0.1) is 5.82 Å². The van der Waals surface area contributed by atoms with E-state index in [1.807, 2.05) is 0 Å². The van der Waals surface area contributed by atoms with Crippen LogP contribution in [0.1, 0.15) is 12.0 Å². The quantitative estimate of drug-likeness (QED) is 0.813. The minimum atomic E-state index is -0.587. The molecule has 0 unspecified atom stereocenters. The van der Waals surface area contributed by atoms with Gasteiger partial charge in [-0.3, -0.25) is 4.84 Å².